The Bertz CT molecular complexity index is 638. The van der Waals surface area contributed by atoms with Gasteiger partial charge in [-0.1, -0.05) is 41.1 Å². The summed E-state index contributed by atoms with van der Waals surface area (Å²) in [5.41, 5.74) is -1.99. The van der Waals surface area contributed by atoms with Crippen LogP contribution in [0.4, 0.5) is 13.2 Å². The number of alkyl halides is 3. The van der Waals surface area contributed by atoms with Crippen LogP contribution < -0.4 is 0 Å². The molecule has 22 heavy (non-hydrogen) atoms. The highest BCUT2D eigenvalue weighted by molar-refractivity contribution is 5.89. The molecule has 0 spiro atoms. The Morgan fingerprint density at radius 2 is 1.91 bits per heavy atom. The Kier molecular flexibility index (Phi) is 3.95. The molecule has 0 saturated carbocycles. The Labute approximate surface area is 124 Å². The van der Waals surface area contributed by atoms with Gasteiger partial charge in [0.1, 0.15) is 5.71 Å². The SMILES string of the molecule is CC1=NO[C@](/C=C/c2ccc(C)cc2)(C(F)(F)F)[C@H]1[N+](=O)[O-]. The lowest BCUT2D eigenvalue weighted by Crippen LogP contribution is -2.56. The van der Waals surface area contributed by atoms with Crippen LogP contribution in [-0.4, -0.2) is 28.5 Å². The van der Waals surface area contributed by atoms with Crippen molar-refractivity contribution in [1.29, 1.82) is 0 Å². The maximum atomic E-state index is 13.4. The van der Waals surface area contributed by atoms with Crippen LogP contribution in [0, 0.1) is 17.0 Å². The van der Waals surface area contributed by atoms with Gasteiger partial charge in [0, 0.05) is 4.92 Å². The van der Waals surface area contributed by atoms with E-state index in [1.165, 1.54) is 0 Å². The van der Waals surface area contributed by atoms with Gasteiger partial charge in [-0.15, -0.1) is 0 Å². The molecule has 1 heterocycles. The summed E-state index contributed by atoms with van der Waals surface area (Å²) in [5.74, 6) is 0. The Morgan fingerprint density at radius 3 is 2.41 bits per heavy atom. The van der Waals surface area contributed by atoms with Crippen LogP contribution >= 0.6 is 0 Å². The third kappa shape index (κ3) is 2.68. The van der Waals surface area contributed by atoms with Gasteiger partial charge in [0.05, 0.1) is 0 Å². The minimum atomic E-state index is -4.98. The zero-order valence-electron chi connectivity index (χ0n) is 11.8. The first kappa shape index (κ1) is 16.0. The van der Waals surface area contributed by atoms with Gasteiger partial charge in [0.25, 0.3) is 0 Å². The first-order valence-corrected chi connectivity index (χ1v) is 6.36. The molecule has 8 heteroatoms. The van der Waals surface area contributed by atoms with Crippen molar-refractivity contribution in [1.82, 2.24) is 0 Å². The van der Waals surface area contributed by atoms with Gasteiger partial charge in [0.2, 0.25) is 0 Å². The Hall–Kier alpha value is -2.38. The van der Waals surface area contributed by atoms with Crippen LogP contribution in [0.3, 0.4) is 0 Å². The average molecular weight is 314 g/mol. The quantitative estimate of drug-likeness (QED) is 0.635. The Morgan fingerprint density at radius 1 is 1.32 bits per heavy atom. The number of nitro groups is 1. The molecule has 0 aromatic heterocycles. The number of hydrogen-bond donors (Lipinski definition) is 0. The molecule has 2 atom stereocenters. The molecule has 1 aliphatic heterocycles. The molecule has 0 radical (unpaired) electrons. The lowest BCUT2D eigenvalue weighted by molar-refractivity contribution is -0.531. The van der Waals surface area contributed by atoms with Gasteiger partial charge in [-0.2, -0.15) is 13.2 Å². The molecule has 2 rings (SSSR count). The molecule has 0 bridgehead atoms. The molecule has 0 unspecified atom stereocenters. The third-order valence-corrected chi connectivity index (χ3v) is 3.40. The molecule has 0 saturated heterocycles. The van der Waals surface area contributed by atoms with Crippen molar-refractivity contribution in [3.8, 4) is 0 Å². The van der Waals surface area contributed by atoms with Crippen molar-refractivity contribution in [3.63, 3.8) is 0 Å². The van der Waals surface area contributed by atoms with Crippen molar-refractivity contribution < 1.29 is 22.9 Å². The fourth-order valence-electron chi connectivity index (χ4n) is 2.19. The molecular formula is C14H13F3N2O3. The van der Waals surface area contributed by atoms with Crippen LogP contribution in [0.2, 0.25) is 0 Å². The van der Waals surface area contributed by atoms with Gasteiger partial charge < -0.3 is 4.84 Å². The maximum Gasteiger partial charge on any atom is 0.442 e. The van der Waals surface area contributed by atoms with E-state index in [9.17, 15) is 23.3 Å². The van der Waals surface area contributed by atoms with Crippen molar-refractivity contribution in [2.24, 2.45) is 5.16 Å². The van der Waals surface area contributed by atoms with E-state index in [0.29, 0.717) is 11.6 Å². The first-order valence-electron chi connectivity index (χ1n) is 6.36. The second-order valence-corrected chi connectivity index (χ2v) is 5.05. The van der Waals surface area contributed by atoms with Crippen LogP contribution in [0.15, 0.2) is 35.5 Å². The standard InChI is InChI=1S/C14H13F3N2O3/c1-9-3-5-11(6-4-9)7-8-13(14(15,16)17)12(19(20)21)10(2)18-22-13/h3-8,12H,1-2H3/b8-7+/t12-,13-/m0/s1. The molecule has 0 aliphatic carbocycles. The number of benzene rings is 1. The van der Waals surface area contributed by atoms with E-state index in [2.05, 4.69) is 9.99 Å². The molecule has 0 amide bonds. The minimum absolute atomic E-state index is 0.323. The zero-order chi connectivity index (χ0) is 16.5. The molecule has 0 N–H and O–H groups in total. The topological polar surface area (TPSA) is 64.7 Å². The lowest BCUT2D eigenvalue weighted by atomic mass is 9.90. The van der Waals surface area contributed by atoms with E-state index < -0.39 is 22.7 Å². The lowest BCUT2D eigenvalue weighted by Gasteiger charge is -2.27. The van der Waals surface area contributed by atoms with Gasteiger partial charge in [-0.3, -0.25) is 10.1 Å². The van der Waals surface area contributed by atoms with Crippen molar-refractivity contribution in [3.05, 3.63) is 51.6 Å². The van der Waals surface area contributed by atoms with Crippen LogP contribution in [-0.2, 0) is 4.84 Å². The zero-order valence-corrected chi connectivity index (χ0v) is 11.8. The van der Waals surface area contributed by atoms with Crippen molar-refractivity contribution in [2.45, 2.75) is 31.7 Å². The summed E-state index contributed by atoms with van der Waals surface area (Å²) in [7, 11) is 0. The normalized spacial score (nSPS) is 25.1. The fraction of sp³-hybridized carbons (Fsp3) is 0.357. The molecule has 1 aromatic rings. The highest BCUT2D eigenvalue weighted by atomic mass is 19.4. The average Bonchev–Trinajstić information content (AvgIpc) is 2.76. The van der Waals surface area contributed by atoms with Gasteiger partial charge >= 0.3 is 17.8 Å². The molecule has 118 valence electrons. The highest BCUT2D eigenvalue weighted by Crippen LogP contribution is 2.43. The Balaban J connectivity index is 2.44. The number of aryl methyl sites for hydroxylation is 1. The van der Waals surface area contributed by atoms with Crippen molar-refractivity contribution in [2.75, 3.05) is 0 Å². The molecule has 1 aliphatic rings. The summed E-state index contributed by atoms with van der Waals surface area (Å²) >= 11 is 0. The summed E-state index contributed by atoms with van der Waals surface area (Å²) in [6.45, 7) is 2.98. The van der Waals surface area contributed by atoms with E-state index in [1.807, 2.05) is 6.92 Å². The predicted molar refractivity (Wildman–Crippen MR) is 74.0 cm³/mol. The molecule has 1 aromatic carbocycles. The van der Waals surface area contributed by atoms with Crippen molar-refractivity contribution >= 4 is 11.8 Å². The third-order valence-electron chi connectivity index (χ3n) is 3.40. The van der Waals surface area contributed by atoms with E-state index in [-0.39, 0.29) is 5.71 Å². The van der Waals surface area contributed by atoms with Crippen LogP contribution in [0.5, 0.6) is 0 Å². The molecule has 5 nitrogen and oxygen atoms in total. The predicted octanol–water partition coefficient (Wildman–Crippen LogP) is 3.36. The van der Waals surface area contributed by atoms with E-state index in [1.54, 1.807) is 24.3 Å². The number of rotatable bonds is 3. The highest BCUT2D eigenvalue weighted by Gasteiger charge is 2.70. The largest absolute Gasteiger partial charge is 0.442 e. The fourth-order valence-corrected chi connectivity index (χ4v) is 2.19. The number of oxime groups is 1. The second kappa shape index (κ2) is 5.43. The monoisotopic (exact) mass is 314 g/mol. The van der Waals surface area contributed by atoms with E-state index in [4.69, 9.17) is 0 Å². The number of nitrogens with zero attached hydrogens (tertiary/aromatic N) is 2. The summed E-state index contributed by atoms with van der Waals surface area (Å²) in [6, 6.07) is 4.57. The smallest absolute Gasteiger partial charge is 0.367 e. The number of hydrogen-bond acceptors (Lipinski definition) is 4. The summed E-state index contributed by atoms with van der Waals surface area (Å²) < 4.78 is 40.2. The second-order valence-electron chi connectivity index (χ2n) is 5.05. The number of halogens is 3. The molecule has 0 fully saturated rings. The molecular weight excluding hydrogens is 301 g/mol. The first-order chi connectivity index (χ1) is 10.2. The van der Waals surface area contributed by atoms with Gasteiger partial charge in [-0.05, 0) is 25.5 Å². The minimum Gasteiger partial charge on any atom is -0.367 e. The van der Waals surface area contributed by atoms with E-state index >= 15 is 0 Å². The maximum absolute atomic E-state index is 13.4. The van der Waals surface area contributed by atoms with E-state index in [0.717, 1.165) is 18.6 Å². The summed E-state index contributed by atoms with van der Waals surface area (Å²) in [4.78, 5) is 14.5. The van der Waals surface area contributed by atoms with Crippen LogP contribution in [0.1, 0.15) is 18.1 Å². The van der Waals surface area contributed by atoms with Crippen LogP contribution in [0.25, 0.3) is 6.08 Å². The van der Waals surface area contributed by atoms with Gasteiger partial charge in [0.15, 0.2) is 0 Å². The van der Waals surface area contributed by atoms with Gasteiger partial charge in [-0.25, -0.2) is 0 Å². The summed E-state index contributed by atoms with van der Waals surface area (Å²) in [5, 5.41) is 14.2. The summed E-state index contributed by atoms with van der Waals surface area (Å²) in [6.07, 6.45) is -3.17.